The van der Waals surface area contributed by atoms with Crippen molar-refractivity contribution in [2.45, 2.75) is 112 Å². The predicted octanol–water partition coefficient (Wildman–Crippen LogP) is 11.7. The van der Waals surface area contributed by atoms with Crippen molar-refractivity contribution in [2.24, 2.45) is 5.92 Å². The van der Waals surface area contributed by atoms with Gasteiger partial charge in [0.2, 0.25) is 0 Å². The van der Waals surface area contributed by atoms with Gasteiger partial charge in [0.05, 0.1) is 0 Å². The first-order valence-electron chi connectivity index (χ1n) is 17.4. The number of carbonyl (C=O) groups excluding carboxylic acids is 1. The molecule has 1 aliphatic carbocycles. The monoisotopic (exact) mass is 615 g/mol. The number of ketones is 1. The van der Waals surface area contributed by atoms with E-state index in [1.807, 2.05) is 12.1 Å². The lowest BCUT2D eigenvalue weighted by Gasteiger charge is -2.25. The molecule has 3 aromatic carbocycles. The molecule has 3 aromatic rings. The van der Waals surface area contributed by atoms with Crippen LogP contribution < -0.4 is 5.32 Å². The first kappa shape index (κ1) is 35.2. The zero-order valence-corrected chi connectivity index (χ0v) is 30.0. The zero-order valence-electron chi connectivity index (χ0n) is 30.0. The lowest BCUT2D eigenvalue weighted by Crippen LogP contribution is -2.18. The van der Waals surface area contributed by atoms with Crippen LogP contribution in [0.4, 0.5) is 0 Å². The van der Waals surface area contributed by atoms with E-state index in [-0.39, 0.29) is 16.6 Å². The third kappa shape index (κ3) is 9.44. The lowest BCUT2D eigenvalue weighted by molar-refractivity contribution is 0.101. The molecule has 46 heavy (non-hydrogen) atoms. The Balaban J connectivity index is 1.48. The summed E-state index contributed by atoms with van der Waals surface area (Å²) in [5, 5.41) is 3.90. The highest BCUT2D eigenvalue weighted by Gasteiger charge is 2.21. The minimum absolute atomic E-state index is 0.129. The molecule has 0 bridgehead atoms. The molecule has 1 unspecified atom stereocenters. The van der Waals surface area contributed by atoms with Gasteiger partial charge < -0.3 is 5.32 Å². The second-order valence-corrected chi connectivity index (χ2v) is 15.4. The summed E-state index contributed by atoms with van der Waals surface area (Å²) in [6.45, 7) is 20.9. The largest absolute Gasteiger partial charge is 0.388 e. The Hall–Kier alpha value is -3.65. The third-order valence-electron chi connectivity index (χ3n) is 9.45. The van der Waals surface area contributed by atoms with Crippen LogP contribution in [0.1, 0.15) is 133 Å². The number of hydrogen-bond acceptors (Lipinski definition) is 2. The van der Waals surface area contributed by atoms with Gasteiger partial charge in [0.25, 0.3) is 0 Å². The van der Waals surface area contributed by atoms with E-state index >= 15 is 0 Å². The summed E-state index contributed by atoms with van der Waals surface area (Å²) in [6.07, 6.45) is 11.2. The van der Waals surface area contributed by atoms with E-state index in [0.717, 1.165) is 37.8 Å². The quantitative estimate of drug-likeness (QED) is 0.162. The number of rotatable bonds is 12. The van der Waals surface area contributed by atoms with Crippen molar-refractivity contribution < 1.29 is 4.79 Å². The summed E-state index contributed by atoms with van der Waals surface area (Å²) in [7, 11) is 0. The van der Waals surface area contributed by atoms with Crippen molar-refractivity contribution >= 4 is 16.9 Å². The SMILES string of the molecule is CC/C(NCCCCC(C)Cc1ccc(C(C)=O)cc1)=C1/CC(c2ccc(C(C)(C)C)cc2)=CC=C1c1ccc(C(C)(C)C)cc1. The summed E-state index contributed by atoms with van der Waals surface area (Å²) in [5.41, 5.74) is 13.2. The first-order valence-corrected chi connectivity index (χ1v) is 17.4. The highest BCUT2D eigenvalue weighted by Crippen LogP contribution is 2.39. The minimum atomic E-state index is 0.129. The topological polar surface area (TPSA) is 29.1 Å². The normalized spacial score (nSPS) is 15.6. The Morgan fingerprint density at radius 1 is 0.761 bits per heavy atom. The molecule has 0 saturated carbocycles. The highest BCUT2D eigenvalue weighted by molar-refractivity contribution is 5.94. The maximum atomic E-state index is 11.6. The summed E-state index contributed by atoms with van der Waals surface area (Å²) in [6, 6.07) is 26.6. The molecule has 1 N–H and O–H groups in total. The van der Waals surface area contributed by atoms with Crippen molar-refractivity contribution in [2.75, 3.05) is 6.54 Å². The molecule has 0 radical (unpaired) electrons. The molecule has 0 aromatic heterocycles. The highest BCUT2D eigenvalue weighted by atomic mass is 16.1. The lowest BCUT2D eigenvalue weighted by atomic mass is 9.81. The molecule has 2 nitrogen and oxygen atoms in total. The Kier molecular flexibility index (Phi) is 11.7. The maximum absolute atomic E-state index is 11.6. The fraction of sp³-hybridized carbons (Fsp3) is 0.432. The van der Waals surface area contributed by atoms with E-state index in [1.165, 1.54) is 63.1 Å². The van der Waals surface area contributed by atoms with Crippen molar-refractivity contribution in [3.63, 3.8) is 0 Å². The molecule has 0 heterocycles. The standard InChI is InChI=1S/C44H57NO/c1-10-42(45-28-12-11-13-31(2)29-33-14-16-34(17-15-33)32(3)46)41-30-37(35-18-23-38(24-19-35)43(4,5)6)22-27-40(41)36-20-25-39(26-21-36)44(7,8)9/h14-27,31,45H,10-13,28-30H2,1-9H3/b42-41+. The fourth-order valence-corrected chi connectivity index (χ4v) is 6.38. The molecular formula is C44H57NO. The first-order chi connectivity index (χ1) is 21.8. The van der Waals surface area contributed by atoms with Crippen LogP contribution >= 0.6 is 0 Å². The van der Waals surface area contributed by atoms with Gasteiger partial charge in [-0.25, -0.2) is 0 Å². The van der Waals surface area contributed by atoms with Crippen LogP contribution in [0.15, 0.2) is 96.2 Å². The van der Waals surface area contributed by atoms with Crippen LogP contribution in [0.25, 0.3) is 11.1 Å². The fourth-order valence-electron chi connectivity index (χ4n) is 6.38. The van der Waals surface area contributed by atoms with Gasteiger partial charge in [0.15, 0.2) is 5.78 Å². The minimum Gasteiger partial charge on any atom is -0.388 e. The van der Waals surface area contributed by atoms with Crippen molar-refractivity contribution in [1.29, 1.82) is 0 Å². The molecule has 1 atom stereocenters. The van der Waals surface area contributed by atoms with Crippen LogP contribution in [0.5, 0.6) is 0 Å². The molecule has 0 amide bonds. The van der Waals surface area contributed by atoms with Gasteiger partial charge in [-0.1, -0.05) is 153 Å². The van der Waals surface area contributed by atoms with Gasteiger partial charge in [-0.2, -0.15) is 0 Å². The van der Waals surface area contributed by atoms with E-state index in [9.17, 15) is 4.79 Å². The number of allylic oxidation sites excluding steroid dienone is 6. The second-order valence-electron chi connectivity index (χ2n) is 15.4. The second kappa shape index (κ2) is 15.3. The van der Waals surface area contributed by atoms with Gasteiger partial charge in [0.1, 0.15) is 0 Å². The number of unbranched alkanes of at least 4 members (excludes halogenated alkanes) is 1. The van der Waals surface area contributed by atoms with Crippen LogP contribution in [0.2, 0.25) is 0 Å². The molecule has 4 rings (SSSR count). The number of Topliss-reactive ketones (excluding diaryl/α,β-unsaturated/α-hetero) is 1. The van der Waals surface area contributed by atoms with Crippen LogP contribution in [0.3, 0.4) is 0 Å². The number of carbonyl (C=O) groups is 1. The van der Waals surface area contributed by atoms with Crippen molar-refractivity contribution in [1.82, 2.24) is 5.32 Å². The summed E-state index contributed by atoms with van der Waals surface area (Å²) in [4.78, 5) is 11.6. The zero-order chi connectivity index (χ0) is 33.5. The maximum Gasteiger partial charge on any atom is 0.159 e. The van der Waals surface area contributed by atoms with E-state index in [0.29, 0.717) is 5.92 Å². The molecule has 0 spiro atoms. The Bertz CT molecular complexity index is 1550. The van der Waals surface area contributed by atoms with Gasteiger partial charge in [-0.15, -0.1) is 0 Å². The summed E-state index contributed by atoms with van der Waals surface area (Å²) < 4.78 is 0. The van der Waals surface area contributed by atoms with E-state index in [4.69, 9.17) is 0 Å². The Morgan fingerprint density at radius 2 is 1.33 bits per heavy atom. The third-order valence-corrected chi connectivity index (χ3v) is 9.45. The van der Waals surface area contributed by atoms with Gasteiger partial charge >= 0.3 is 0 Å². The summed E-state index contributed by atoms with van der Waals surface area (Å²) in [5.74, 6) is 0.748. The van der Waals surface area contributed by atoms with E-state index in [1.54, 1.807) is 6.92 Å². The van der Waals surface area contributed by atoms with Crippen molar-refractivity contribution in [3.05, 3.63) is 130 Å². The molecule has 0 aliphatic heterocycles. The van der Waals surface area contributed by atoms with Gasteiger partial charge in [0, 0.05) is 24.2 Å². The van der Waals surface area contributed by atoms with E-state index < -0.39 is 0 Å². The number of hydrogen-bond donors (Lipinski definition) is 1. The number of nitrogens with one attached hydrogen (secondary N) is 1. The van der Waals surface area contributed by atoms with Gasteiger partial charge in [-0.3, -0.25) is 4.79 Å². The molecule has 2 heteroatoms. The average Bonchev–Trinajstić information content (AvgIpc) is 3.02. The molecule has 0 saturated heterocycles. The molecule has 244 valence electrons. The smallest absolute Gasteiger partial charge is 0.159 e. The van der Waals surface area contributed by atoms with E-state index in [2.05, 4.69) is 134 Å². The van der Waals surface area contributed by atoms with Crippen molar-refractivity contribution in [3.8, 4) is 0 Å². The predicted molar refractivity (Wildman–Crippen MR) is 199 cm³/mol. The van der Waals surface area contributed by atoms with Crippen LogP contribution in [-0.4, -0.2) is 12.3 Å². The molecule has 0 fully saturated rings. The molecule has 1 aliphatic rings. The Labute approximate surface area is 280 Å². The molecular weight excluding hydrogens is 558 g/mol. The van der Waals surface area contributed by atoms with Crippen LogP contribution in [0, 0.1) is 5.92 Å². The summed E-state index contributed by atoms with van der Waals surface area (Å²) >= 11 is 0. The Morgan fingerprint density at radius 3 is 1.85 bits per heavy atom. The average molecular weight is 616 g/mol. The number of benzene rings is 3. The van der Waals surface area contributed by atoms with Gasteiger partial charge in [-0.05, 0) is 87.5 Å². The van der Waals surface area contributed by atoms with Crippen LogP contribution in [-0.2, 0) is 17.3 Å².